The maximum atomic E-state index is 12.4. The van der Waals surface area contributed by atoms with Gasteiger partial charge in [-0.15, -0.1) is 0 Å². The minimum Gasteiger partial charge on any atom is -0.472 e. The van der Waals surface area contributed by atoms with E-state index >= 15 is 0 Å². The van der Waals surface area contributed by atoms with Crippen molar-refractivity contribution in [3.63, 3.8) is 0 Å². The third-order valence-electron chi connectivity index (χ3n) is 3.28. The molecular formula is C12H14N4O2. The molecule has 2 aromatic heterocycles. The van der Waals surface area contributed by atoms with Crippen molar-refractivity contribution < 1.29 is 9.21 Å². The van der Waals surface area contributed by atoms with Crippen molar-refractivity contribution in [2.24, 2.45) is 0 Å². The van der Waals surface area contributed by atoms with Gasteiger partial charge in [0.05, 0.1) is 17.9 Å². The molecule has 1 amide bonds. The van der Waals surface area contributed by atoms with Crippen LogP contribution in [0.25, 0.3) is 0 Å². The molecule has 94 valence electrons. The summed E-state index contributed by atoms with van der Waals surface area (Å²) in [6.45, 7) is 0.745. The number of piperidine rings is 1. The summed E-state index contributed by atoms with van der Waals surface area (Å²) < 4.78 is 4.97. The number of nitrogens with zero attached hydrogens (tertiary/aromatic N) is 3. The summed E-state index contributed by atoms with van der Waals surface area (Å²) >= 11 is 0. The summed E-state index contributed by atoms with van der Waals surface area (Å²) in [5, 5.41) is 6.72. The van der Waals surface area contributed by atoms with Crippen LogP contribution in [-0.4, -0.2) is 32.5 Å². The molecule has 1 N–H and O–H groups in total. The highest BCUT2D eigenvalue weighted by Crippen LogP contribution is 2.29. The summed E-state index contributed by atoms with van der Waals surface area (Å²) in [6, 6.07) is 1.68. The van der Waals surface area contributed by atoms with Gasteiger partial charge in [0, 0.05) is 6.54 Å². The van der Waals surface area contributed by atoms with E-state index < -0.39 is 0 Å². The molecule has 0 radical (unpaired) electrons. The topological polar surface area (TPSA) is 75.0 Å². The van der Waals surface area contributed by atoms with Gasteiger partial charge in [0.15, 0.2) is 0 Å². The smallest absolute Gasteiger partial charge is 0.257 e. The molecular weight excluding hydrogens is 232 g/mol. The van der Waals surface area contributed by atoms with E-state index in [0.717, 1.165) is 31.6 Å². The first-order chi connectivity index (χ1) is 8.86. The van der Waals surface area contributed by atoms with Crippen molar-refractivity contribution in [3.05, 3.63) is 36.3 Å². The Bertz CT molecular complexity index is 506. The monoisotopic (exact) mass is 246 g/mol. The first kappa shape index (κ1) is 11.0. The van der Waals surface area contributed by atoms with Gasteiger partial charge in [-0.2, -0.15) is 5.10 Å². The number of aromatic amines is 1. The predicted molar refractivity (Wildman–Crippen MR) is 62.7 cm³/mol. The van der Waals surface area contributed by atoms with E-state index in [1.165, 1.54) is 18.9 Å². The number of furan rings is 1. The van der Waals surface area contributed by atoms with Gasteiger partial charge in [-0.25, -0.2) is 4.98 Å². The molecule has 0 bridgehead atoms. The van der Waals surface area contributed by atoms with Gasteiger partial charge in [0.1, 0.15) is 18.4 Å². The summed E-state index contributed by atoms with van der Waals surface area (Å²) in [4.78, 5) is 18.4. The van der Waals surface area contributed by atoms with Gasteiger partial charge in [-0.05, 0) is 25.3 Å². The highest BCUT2D eigenvalue weighted by atomic mass is 16.3. The molecule has 1 atom stereocenters. The van der Waals surface area contributed by atoms with Crippen molar-refractivity contribution in [1.82, 2.24) is 20.1 Å². The number of aromatic nitrogens is 3. The SMILES string of the molecule is O=C(c1ccoc1)N1CCCC[C@H]1c1ncn[nH]1. The van der Waals surface area contributed by atoms with Gasteiger partial charge in [0.25, 0.3) is 5.91 Å². The van der Waals surface area contributed by atoms with Crippen molar-refractivity contribution >= 4 is 5.91 Å². The Hall–Kier alpha value is -2.11. The quantitative estimate of drug-likeness (QED) is 0.876. The number of nitrogens with one attached hydrogen (secondary N) is 1. The van der Waals surface area contributed by atoms with E-state index in [-0.39, 0.29) is 11.9 Å². The minimum atomic E-state index is -0.0105. The van der Waals surface area contributed by atoms with Gasteiger partial charge in [-0.1, -0.05) is 0 Å². The fourth-order valence-electron chi connectivity index (χ4n) is 2.39. The average Bonchev–Trinajstić information content (AvgIpc) is 3.11. The van der Waals surface area contributed by atoms with Crippen LogP contribution in [0.2, 0.25) is 0 Å². The number of hydrogen-bond acceptors (Lipinski definition) is 4. The van der Waals surface area contributed by atoms with Gasteiger partial charge < -0.3 is 9.32 Å². The second kappa shape index (κ2) is 4.64. The molecule has 2 aromatic rings. The number of carbonyl (C=O) groups is 1. The molecule has 0 aliphatic carbocycles. The third-order valence-corrected chi connectivity index (χ3v) is 3.28. The van der Waals surface area contributed by atoms with E-state index in [2.05, 4.69) is 15.2 Å². The lowest BCUT2D eigenvalue weighted by Crippen LogP contribution is -2.38. The Labute approximate surface area is 104 Å². The molecule has 1 saturated heterocycles. The first-order valence-corrected chi connectivity index (χ1v) is 6.04. The van der Waals surface area contributed by atoms with Crippen LogP contribution in [-0.2, 0) is 0 Å². The van der Waals surface area contributed by atoms with Crippen LogP contribution in [0.5, 0.6) is 0 Å². The maximum absolute atomic E-state index is 12.4. The van der Waals surface area contributed by atoms with Crippen LogP contribution in [0.3, 0.4) is 0 Å². The van der Waals surface area contributed by atoms with Crippen molar-refractivity contribution in [3.8, 4) is 0 Å². The summed E-state index contributed by atoms with van der Waals surface area (Å²) in [6.07, 6.45) is 7.51. The molecule has 6 heteroatoms. The van der Waals surface area contributed by atoms with E-state index in [1.54, 1.807) is 6.07 Å². The summed E-state index contributed by atoms with van der Waals surface area (Å²) in [5.74, 6) is 0.747. The highest BCUT2D eigenvalue weighted by molar-refractivity contribution is 5.94. The fourth-order valence-corrected chi connectivity index (χ4v) is 2.39. The Morgan fingerprint density at radius 3 is 3.17 bits per heavy atom. The molecule has 1 aliphatic rings. The molecule has 0 aromatic carbocycles. The Balaban J connectivity index is 1.86. The Morgan fingerprint density at radius 1 is 1.50 bits per heavy atom. The van der Waals surface area contributed by atoms with Crippen molar-refractivity contribution in [2.75, 3.05) is 6.54 Å². The largest absolute Gasteiger partial charge is 0.472 e. The normalized spacial score (nSPS) is 20.0. The average molecular weight is 246 g/mol. The molecule has 1 aliphatic heterocycles. The van der Waals surface area contributed by atoms with E-state index in [1.807, 2.05) is 4.90 Å². The molecule has 0 unspecified atom stereocenters. The Kier molecular flexibility index (Phi) is 2.84. The second-order valence-electron chi connectivity index (χ2n) is 4.39. The van der Waals surface area contributed by atoms with Gasteiger partial charge >= 0.3 is 0 Å². The molecule has 3 rings (SSSR count). The maximum Gasteiger partial charge on any atom is 0.257 e. The van der Waals surface area contributed by atoms with Crippen molar-refractivity contribution in [1.29, 1.82) is 0 Å². The van der Waals surface area contributed by atoms with Crippen LogP contribution in [0.1, 0.15) is 41.5 Å². The Morgan fingerprint density at radius 2 is 2.44 bits per heavy atom. The minimum absolute atomic E-state index is 0.00940. The van der Waals surface area contributed by atoms with Crippen LogP contribution in [0, 0.1) is 0 Å². The van der Waals surface area contributed by atoms with Crippen LogP contribution < -0.4 is 0 Å². The number of carbonyl (C=O) groups excluding carboxylic acids is 1. The fraction of sp³-hybridized carbons (Fsp3) is 0.417. The standard InChI is InChI=1S/C12H14N4O2/c17-12(9-4-6-18-7-9)16-5-2-1-3-10(16)11-13-8-14-15-11/h4,6-8,10H,1-3,5H2,(H,13,14,15)/t10-/m0/s1. The molecule has 6 nitrogen and oxygen atoms in total. The predicted octanol–water partition coefficient (Wildman–Crippen LogP) is 1.77. The van der Waals surface area contributed by atoms with Gasteiger partial charge in [-0.3, -0.25) is 9.89 Å². The zero-order chi connectivity index (χ0) is 12.4. The van der Waals surface area contributed by atoms with E-state index in [0.29, 0.717) is 5.56 Å². The van der Waals surface area contributed by atoms with Crippen LogP contribution >= 0.6 is 0 Å². The van der Waals surface area contributed by atoms with Crippen molar-refractivity contribution in [2.45, 2.75) is 25.3 Å². The number of rotatable bonds is 2. The number of amides is 1. The van der Waals surface area contributed by atoms with Crippen LogP contribution in [0.4, 0.5) is 0 Å². The molecule has 1 fully saturated rings. The second-order valence-corrected chi connectivity index (χ2v) is 4.39. The number of likely N-dealkylation sites (tertiary alicyclic amines) is 1. The lowest BCUT2D eigenvalue weighted by atomic mass is 10.0. The highest BCUT2D eigenvalue weighted by Gasteiger charge is 2.30. The zero-order valence-corrected chi connectivity index (χ0v) is 9.87. The van der Waals surface area contributed by atoms with E-state index in [9.17, 15) is 4.79 Å². The lowest BCUT2D eigenvalue weighted by Gasteiger charge is -2.34. The van der Waals surface area contributed by atoms with E-state index in [4.69, 9.17) is 4.42 Å². The molecule has 0 saturated carbocycles. The summed E-state index contributed by atoms with van der Waals surface area (Å²) in [5.41, 5.74) is 0.585. The molecule has 18 heavy (non-hydrogen) atoms. The van der Waals surface area contributed by atoms with Gasteiger partial charge in [0.2, 0.25) is 0 Å². The summed E-state index contributed by atoms with van der Waals surface area (Å²) in [7, 11) is 0. The zero-order valence-electron chi connectivity index (χ0n) is 9.87. The third kappa shape index (κ3) is 1.90. The molecule has 3 heterocycles. The number of H-pyrrole nitrogens is 1. The molecule has 0 spiro atoms. The van der Waals surface area contributed by atoms with Crippen LogP contribution in [0.15, 0.2) is 29.3 Å². The number of hydrogen-bond donors (Lipinski definition) is 1. The first-order valence-electron chi connectivity index (χ1n) is 6.04. The lowest BCUT2D eigenvalue weighted by molar-refractivity contribution is 0.0599.